The summed E-state index contributed by atoms with van der Waals surface area (Å²) >= 11 is 0. The number of carbonyl (C=O) groups is 2. The molecule has 1 aromatic rings. The number of nitro groups is 1. The van der Waals surface area contributed by atoms with Gasteiger partial charge in [0.25, 0.3) is 5.91 Å². The number of carboxylic acids is 1. The summed E-state index contributed by atoms with van der Waals surface area (Å²) in [6.07, 6.45) is -0.100. The number of rotatable bonds is 8. The van der Waals surface area contributed by atoms with Gasteiger partial charge in [-0.1, -0.05) is 0 Å². The summed E-state index contributed by atoms with van der Waals surface area (Å²) in [6, 6.07) is 2.50. The Hall–Kier alpha value is -2.42. The van der Waals surface area contributed by atoms with Crippen molar-refractivity contribution in [2.75, 3.05) is 19.8 Å². The molecule has 0 spiro atoms. The number of ether oxygens (including phenoxy) is 1. The van der Waals surface area contributed by atoms with Gasteiger partial charge >= 0.3 is 11.8 Å². The van der Waals surface area contributed by atoms with E-state index in [1.807, 2.05) is 0 Å². The zero-order valence-electron chi connectivity index (χ0n) is 9.92. The van der Waals surface area contributed by atoms with E-state index in [2.05, 4.69) is 10.3 Å². The van der Waals surface area contributed by atoms with E-state index in [0.29, 0.717) is 0 Å². The molecule has 0 aliphatic rings. The van der Waals surface area contributed by atoms with Gasteiger partial charge in [0.15, 0.2) is 5.69 Å². The smallest absolute Gasteiger partial charge is 0.321 e. The Morgan fingerprint density at radius 2 is 2.16 bits per heavy atom. The minimum atomic E-state index is -0.956. The molecule has 0 atom stereocenters. The first-order valence-corrected chi connectivity index (χ1v) is 5.42. The van der Waals surface area contributed by atoms with Crippen LogP contribution in [-0.4, -0.2) is 46.6 Å². The molecule has 1 aromatic heterocycles. The fraction of sp³-hybridized carbons (Fsp3) is 0.400. The van der Waals surface area contributed by atoms with Crippen LogP contribution in [-0.2, 0) is 9.53 Å². The molecule has 0 bridgehead atoms. The van der Waals surface area contributed by atoms with Crippen molar-refractivity contribution in [2.45, 2.75) is 6.42 Å². The molecule has 0 saturated heterocycles. The summed E-state index contributed by atoms with van der Waals surface area (Å²) in [5.74, 6) is -1.71. The van der Waals surface area contributed by atoms with Crippen LogP contribution < -0.4 is 5.32 Å². The molecule has 9 heteroatoms. The van der Waals surface area contributed by atoms with Crippen molar-refractivity contribution < 1.29 is 24.4 Å². The molecule has 1 rings (SSSR count). The number of carboxylic acid groups (broad SMARTS) is 1. The maximum absolute atomic E-state index is 11.5. The average molecular weight is 271 g/mol. The van der Waals surface area contributed by atoms with Crippen molar-refractivity contribution in [1.29, 1.82) is 0 Å². The lowest BCUT2D eigenvalue weighted by molar-refractivity contribution is -0.389. The van der Waals surface area contributed by atoms with Crippen LogP contribution in [0.3, 0.4) is 0 Å². The van der Waals surface area contributed by atoms with Gasteiger partial charge in [-0.15, -0.1) is 0 Å². The molecule has 0 aromatic carbocycles. The Morgan fingerprint density at radius 1 is 1.42 bits per heavy atom. The molecule has 0 saturated carbocycles. The van der Waals surface area contributed by atoms with Crippen molar-refractivity contribution in [1.82, 2.24) is 10.3 Å². The highest BCUT2D eigenvalue weighted by Gasteiger charge is 2.14. The zero-order valence-corrected chi connectivity index (χ0v) is 9.92. The molecule has 1 heterocycles. The lowest BCUT2D eigenvalue weighted by atomic mass is 10.4. The largest absolute Gasteiger partial charge is 0.481 e. The zero-order chi connectivity index (χ0) is 14.3. The number of nitrogens with zero attached hydrogens (tertiary/aromatic N) is 1. The summed E-state index contributed by atoms with van der Waals surface area (Å²) in [7, 11) is 0. The lowest BCUT2D eigenvalue weighted by Crippen LogP contribution is -2.27. The van der Waals surface area contributed by atoms with Gasteiger partial charge in [0.2, 0.25) is 0 Å². The van der Waals surface area contributed by atoms with Gasteiger partial charge in [-0.2, -0.15) is 0 Å². The maximum Gasteiger partial charge on any atom is 0.321 e. The summed E-state index contributed by atoms with van der Waals surface area (Å²) in [4.78, 5) is 33.8. The number of amides is 1. The fourth-order valence-corrected chi connectivity index (χ4v) is 1.22. The van der Waals surface area contributed by atoms with Gasteiger partial charge < -0.3 is 25.3 Å². The number of hydrogen-bond acceptors (Lipinski definition) is 5. The van der Waals surface area contributed by atoms with E-state index in [1.165, 1.54) is 12.1 Å². The second-order valence-corrected chi connectivity index (χ2v) is 3.53. The second-order valence-electron chi connectivity index (χ2n) is 3.53. The Kier molecular flexibility index (Phi) is 5.48. The number of aliphatic carboxylic acids is 1. The normalized spacial score (nSPS) is 10.1. The Bertz CT molecular complexity index is 470. The van der Waals surface area contributed by atoms with Crippen LogP contribution in [0.2, 0.25) is 0 Å². The van der Waals surface area contributed by atoms with E-state index in [9.17, 15) is 19.7 Å². The van der Waals surface area contributed by atoms with Crippen LogP contribution in [0.15, 0.2) is 12.1 Å². The van der Waals surface area contributed by atoms with Gasteiger partial charge in [0.05, 0.1) is 19.6 Å². The van der Waals surface area contributed by atoms with E-state index in [-0.39, 0.29) is 37.7 Å². The molecule has 0 aliphatic heterocycles. The minimum absolute atomic E-state index is 0.0686. The van der Waals surface area contributed by atoms with Gasteiger partial charge in [-0.3, -0.25) is 9.59 Å². The number of carbonyl (C=O) groups excluding carboxylic acids is 1. The highest BCUT2D eigenvalue weighted by atomic mass is 16.6. The first kappa shape index (κ1) is 14.6. The molecular formula is C10H13N3O6. The van der Waals surface area contributed by atoms with Crippen LogP contribution >= 0.6 is 0 Å². The number of aromatic amines is 1. The summed E-state index contributed by atoms with van der Waals surface area (Å²) < 4.78 is 4.96. The molecule has 0 aliphatic carbocycles. The second kappa shape index (κ2) is 7.11. The summed E-state index contributed by atoms with van der Waals surface area (Å²) in [5, 5.41) is 21.2. The third-order valence-corrected chi connectivity index (χ3v) is 2.10. The molecule has 0 unspecified atom stereocenters. The molecular weight excluding hydrogens is 258 g/mol. The first-order chi connectivity index (χ1) is 9.00. The van der Waals surface area contributed by atoms with Crippen molar-refractivity contribution in [3.8, 4) is 0 Å². The number of aromatic nitrogens is 1. The quantitative estimate of drug-likeness (QED) is 0.350. The summed E-state index contributed by atoms with van der Waals surface area (Å²) in [6.45, 7) is 0.423. The third kappa shape index (κ3) is 5.17. The predicted molar refractivity (Wildman–Crippen MR) is 62.9 cm³/mol. The van der Waals surface area contributed by atoms with Crippen molar-refractivity contribution in [2.24, 2.45) is 0 Å². The van der Waals surface area contributed by atoms with E-state index in [1.54, 1.807) is 0 Å². The van der Waals surface area contributed by atoms with Crippen molar-refractivity contribution in [3.05, 3.63) is 27.9 Å². The van der Waals surface area contributed by atoms with Crippen LogP contribution in [0.25, 0.3) is 0 Å². The third-order valence-electron chi connectivity index (χ3n) is 2.10. The number of H-pyrrole nitrogens is 1. The topological polar surface area (TPSA) is 135 Å². The lowest BCUT2D eigenvalue weighted by Gasteiger charge is -2.03. The predicted octanol–water partition coefficient (Wildman–Crippen LogP) is 0.144. The number of hydrogen-bond donors (Lipinski definition) is 3. The average Bonchev–Trinajstić information content (AvgIpc) is 2.82. The highest BCUT2D eigenvalue weighted by molar-refractivity contribution is 5.92. The molecule has 3 N–H and O–H groups in total. The fourth-order valence-electron chi connectivity index (χ4n) is 1.22. The van der Waals surface area contributed by atoms with E-state index in [0.717, 1.165) is 0 Å². The molecule has 1 amide bonds. The van der Waals surface area contributed by atoms with E-state index < -0.39 is 16.8 Å². The monoisotopic (exact) mass is 271 g/mol. The Labute approximate surface area is 107 Å². The SMILES string of the molecule is O=C(O)CCOCCNC(=O)c1ccc([N+](=O)[O-])[nH]1. The van der Waals surface area contributed by atoms with Crippen LogP contribution in [0.1, 0.15) is 16.9 Å². The minimum Gasteiger partial charge on any atom is -0.481 e. The van der Waals surface area contributed by atoms with Crippen LogP contribution in [0.4, 0.5) is 5.82 Å². The van der Waals surface area contributed by atoms with Gasteiger partial charge in [0.1, 0.15) is 0 Å². The van der Waals surface area contributed by atoms with Crippen LogP contribution in [0.5, 0.6) is 0 Å². The molecule has 0 radical (unpaired) electrons. The molecule has 9 nitrogen and oxygen atoms in total. The van der Waals surface area contributed by atoms with E-state index in [4.69, 9.17) is 9.84 Å². The summed E-state index contributed by atoms with van der Waals surface area (Å²) in [5.41, 5.74) is 0.0808. The van der Waals surface area contributed by atoms with E-state index >= 15 is 0 Å². The van der Waals surface area contributed by atoms with Gasteiger partial charge in [-0.05, 0) is 11.0 Å². The molecule has 19 heavy (non-hydrogen) atoms. The number of nitrogens with one attached hydrogen (secondary N) is 2. The standard InChI is InChI=1S/C10H13N3O6/c14-9(15)3-5-19-6-4-11-10(16)7-1-2-8(12-7)13(17)18/h1-2,12H,3-6H2,(H,11,16)(H,14,15). The Morgan fingerprint density at radius 3 is 2.74 bits per heavy atom. The van der Waals surface area contributed by atoms with Gasteiger partial charge in [-0.25, -0.2) is 4.98 Å². The van der Waals surface area contributed by atoms with Crippen molar-refractivity contribution in [3.63, 3.8) is 0 Å². The maximum atomic E-state index is 11.5. The van der Waals surface area contributed by atoms with Gasteiger partial charge in [0, 0.05) is 12.6 Å². The Balaban J connectivity index is 2.23. The van der Waals surface area contributed by atoms with Crippen LogP contribution in [0, 0.1) is 10.1 Å². The van der Waals surface area contributed by atoms with Crippen molar-refractivity contribution >= 4 is 17.7 Å². The first-order valence-electron chi connectivity index (χ1n) is 5.42. The highest BCUT2D eigenvalue weighted by Crippen LogP contribution is 2.09. The molecule has 104 valence electrons. The molecule has 0 fully saturated rings.